The van der Waals surface area contributed by atoms with E-state index >= 15 is 0 Å². The highest BCUT2D eigenvalue weighted by molar-refractivity contribution is 5.33. The van der Waals surface area contributed by atoms with Crippen molar-refractivity contribution in [1.82, 2.24) is 10.6 Å². The van der Waals surface area contributed by atoms with Crippen molar-refractivity contribution in [3.05, 3.63) is 34.9 Å². The van der Waals surface area contributed by atoms with Crippen LogP contribution in [0.25, 0.3) is 0 Å². The second-order valence-electron chi connectivity index (χ2n) is 5.16. The van der Waals surface area contributed by atoms with E-state index in [0.717, 1.165) is 32.6 Å². The molecule has 0 saturated carbocycles. The van der Waals surface area contributed by atoms with Crippen LogP contribution in [-0.4, -0.2) is 26.2 Å². The molecule has 18 heavy (non-hydrogen) atoms. The minimum atomic E-state index is 1.06. The first-order valence-electron chi connectivity index (χ1n) is 7.42. The van der Waals surface area contributed by atoms with Gasteiger partial charge >= 0.3 is 0 Å². The maximum Gasteiger partial charge on any atom is 0.00768 e. The Morgan fingerprint density at radius 2 is 1.72 bits per heavy atom. The van der Waals surface area contributed by atoms with Crippen molar-refractivity contribution < 1.29 is 0 Å². The molecule has 1 aliphatic rings. The summed E-state index contributed by atoms with van der Waals surface area (Å²) in [7, 11) is 0. The third-order valence-electron chi connectivity index (χ3n) is 3.73. The zero-order valence-corrected chi connectivity index (χ0v) is 11.6. The van der Waals surface area contributed by atoms with Gasteiger partial charge in [0.15, 0.2) is 0 Å². The molecule has 100 valence electrons. The second-order valence-corrected chi connectivity index (χ2v) is 5.16. The van der Waals surface area contributed by atoms with E-state index in [9.17, 15) is 0 Å². The monoisotopic (exact) mass is 246 g/mol. The van der Waals surface area contributed by atoms with Gasteiger partial charge in [0.05, 0.1) is 0 Å². The van der Waals surface area contributed by atoms with Gasteiger partial charge < -0.3 is 10.6 Å². The maximum atomic E-state index is 3.49. The average molecular weight is 246 g/mol. The number of likely N-dealkylation sites (N-methyl/N-ethyl adjacent to an activating group) is 1. The summed E-state index contributed by atoms with van der Waals surface area (Å²) >= 11 is 0. The van der Waals surface area contributed by atoms with Crippen LogP contribution in [0.1, 0.15) is 36.5 Å². The highest BCUT2D eigenvalue weighted by Gasteiger charge is 2.08. The van der Waals surface area contributed by atoms with Crippen LogP contribution in [0.4, 0.5) is 0 Å². The van der Waals surface area contributed by atoms with E-state index in [4.69, 9.17) is 0 Å². The van der Waals surface area contributed by atoms with Crippen molar-refractivity contribution in [1.29, 1.82) is 0 Å². The Bertz CT molecular complexity index is 360. The second kappa shape index (κ2) is 7.55. The Morgan fingerprint density at radius 1 is 0.944 bits per heavy atom. The molecule has 2 nitrogen and oxygen atoms in total. The third kappa shape index (κ3) is 4.11. The molecule has 0 aromatic heterocycles. The minimum absolute atomic E-state index is 1.06. The van der Waals surface area contributed by atoms with Crippen molar-refractivity contribution in [2.75, 3.05) is 26.2 Å². The van der Waals surface area contributed by atoms with E-state index < -0.39 is 0 Å². The van der Waals surface area contributed by atoms with Crippen LogP contribution in [0.5, 0.6) is 0 Å². The molecular weight excluding hydrogens is 220 g/mol. The SMILES string of the molecule is CCNCCNCCc1ccc2c(c1)CCCC2. The topological polar surface area (TPSA) is 24.1 Å². The van der Waals surface area contributed by atoms with Crippen molar-refractivity contribution >= 4 is 0 Å². The third-order valence-corrected chi connectivity index (χ3v) is 3.73. The van der Waals surface area contributed by atoms with Gasteiger partial charge in [0.25, 0.3) is 0 Å². The summed E-state index contributed by atoms with van der Waals surface area (Å²) in [5.74, 6) is 0. The molecular formula is C16H26N2. The molecule has 0 unspecified atom stereocenters. The Morgan fingerprint density at radius 3 is 2.56 bits per heavy atom. The molecule has 1 aromatic carbocycles. The standard InChI is InChI=1S/C16H26N2/c1-2-17-11-12-18-10-9-14-7-8-15-5-3-4-6-16(15)13-14/h7-8,13,17-18H,2-6,9-12H2,1H3. The molecule has 0 bridgehead atoms. The van der Waals surface area contributed by atoms with Crippen LogP contribution in [-0.2, 0) is 19.3 Å². The van der Waals surface area contributed by atoms with Crippen LogP contribution in [0.15, 0.2) is 18.2 Å². The van der Waals surface area contributed by atoms with Gasteiger partial charge in [-0.05, 0) is 61.9 Å². The largest absolute Gasteiger partial charge is 0.316 e. The fourth-order valence-corrected chi connectivity index (χ4v) is 2.65. The van der Waals surface area contributed by atoms with E-state index in [1.807, 2.05) is 0 Å². The number of fused-ring (bicyclic) bond motifs is 1. The van der Waals surface area contributed by atoms with Crippen LogP contribution in [0.2, 0.25) is 0 Å². The average Bonchev–Trinajstić information content (AvgIpc) is 2.42. The predicted molar refractivity (Wildman–Crippen MR) is 78.2 cm³/mol. The number of benzene rings is 1. The summed E-state index contributed by atoms with van der Waals surface area (Å²) in [4.78, 5) is 0. The summed E-state index contributed by atoms with van der Waals surface area (Å²) in [5.41, 5.74) is 4.68. The van der Waals surface area contributed by atoms with E-state index in [1.165, 1.54) is 31.2 Å². The summed E-state index contributed by atoms with van der Waals surface area (Å²) < 4.78 is 0. The van der Waals surface area contributed by atoms with Crippen LogP contribution < -0.4 is 10.6 Å². The Labute approximate surface area is 111 Å². The Kier molecular flexibility index (Phi) is 5.69. The molecule has 1 aromatic rings. The lowest BCUT2D eigenvalue weighted by Gasteiger charge is -2.16. The summed E-state index contributed by atoms with van der Waals surface area (Å²) in [6, 6.07) is 7.10. The number of hydrogen-bond donors (Lipinski definition) is 2. The fraction of sp³-hybridized carbons (Fsp3) is 0.625. The molecule has 0 radical (unpaired) electrons. The maximum absolute atomic E-state index is 3.49. The number of nitrogens with one attached hydrogen (secondary N) is 2. The lowest BCUT2D eigenvalue weighted by atomic mass is 9.90. The summed E-state index contributed by atoms with van der Waals surface area (Å²) in [6.07, 6.45) is 6.47. The van der Waals surface area contributed by atoms with E-state index in [1.54, 1.807) is 11.1 Å². The van der Waals surface area contributed by atoms with Gasteiger partial charge in [-0.2, -0.15) is 0 Å². The Hall–Kier alpha value is -0.860. The van der Waals surface area contributed by atoms with Gasteiger partial charge in [-0.1, -0.05) is 25.1 Å². The number of hydrogen-bond acceptors (Lipinski definition) is 2. The van der Waals surface area contributed by atoms with Crippen molar-refractivity contribution in [2.24, 2.45) is 0 Å². The highest BCUT2D eigenvalue weighted by Crippen LogP contribution is 2.22. The predicted octanol–water partition coefficient (Wildman–Crippen LogP) is 2.31. The highest BCUT2D eigenvalue weighted by atomic mass is 14.9. The molecule has 1 aliphatic carbocycles. The first-order valence-corrected chi connectivity index (χ1v) is 7.42. The van der Waals surface area contributed by atoms with E-state index in [2.05, 4.69) is 35.8 Å². The van der Waals surface area contributed by atoms with Crippen LogP contribution >= 0.6 is 0 Å². The molecule has 0 atom stereocenters. The van der Waals surface area contributed by atoms with Crippen molar-refractivity contribution in [3.63, 3.8) is 0 Å². The summed E-state index contributed by atoms with van der Waals surface area (Å²) in [6.45, 7) is 6.43. The van der Waals surface area contributed by atoms with Gasteiger partial charge in [-0.15, -0.1) is 0 Å². The lowest BCUT2D eigenvalue weighted by Crippen LogP contribution is -2.28. The molecule has 2 heteroatoms. The first kappa shape index (κ1) is 13.6. The Balaban J connectivity index is 1.72. The minimum Gasteiger partial charge on any atom is -0.316 e. The number of rotatable bonds is 7. The molecule has 0 heterocycles. The van der Waals surface area contributed by atoms with Crippen LogP contribution in [0.3, 0.4) is 0 Å². The number of aryl methyl sites for hydroxylation is 2. The van der Waals surface area contributed by atoms with Gasteiger partial charge in [0.1, 0.15) is 0 Å². The lowest BCUT2D eigenvalue weighted by molar-refractivity contribution is 0.623. The van der Waals surface area contributed by atoms with Crippen molar-refractivity contribution in [2.45, 2.75) is 39.0 Å². The van der Waals surface area contributed by atoms with Crippen LogP contribution in [0, 0.1) is 0 Å². The van der Waals surface area contributed by atoms with Crippen molar-refractivity contribution in [3.8, 4) is 0 Å². The zero-order chi connectivity index (χ0) is 12.6. The smallest absolute Gasteiger partial charge is 0.00768 e. The van der Waals surface area contributed by atoms with Gasteiger partial charge in [-0.3, -0.25) is 0 Å². The van der Waals surface area contributed by atoms with Gasteiger partial charge in [0, 0.05) is 13.1 Å². The molecule has 2 rings (SSSR count). The van der Waals surface area contributed by atoms with E-state index in [-0.39, 0.29) is 0 Å². The van der Waals surface area contributed by atoms with Gasteiger partial charge in [0.2, 0.25) is 0 Å². The first-order chi connectivity index (χ1) is 8.90. The molecule has 2 N–H and O–H groups in total. The molecule has 0 aliphatic heterocycles. The molecule has 0 amide bonds. The summed E-state index contributed by atoms with van der Waals surface area (Å²) in [5, 5.41) is 6.81. The molecule has 0 fully saturated rings. The zero-order valence-electron chi connectivity index (χ0n) is 11.6. The molecule has 0 spiro atoms. The normalized spacial score (nSPS) is 14.5. The molecule has 0 saturated heterocycles. The van der Waals surface area contributed by atoms with E-state index in [0.29, 0.717) is 0 Å². The van der Waals surface area contributed by atoms with Gasteiger partial charge in [-0.25, -0.2) is 0 Å². The quantitative estimate of drug-likeness (QED) is 0.721. The fourth-order valence-electron chi connectivity index (χ4n) is 2.65.